The van der Waals surface area contributed by atoms with Crippen LogP contribution >= 0.6 is 0 Å². The molecule has 0 atom stereocenters. The Labute approximate surface area is 131 Å². The van der Waals surface area contributed by atoms with Crippen LogP contribution in [-0.2, 0) is 4.79 Å². The number of nitrogens with one attached hydrogen (secondary N) is 2. The van der Waals surface area contributed by atoms with Gasteiger partial charge in [-0.1, -0.05) is 25.3 Å². The molecule has 0 heterocycles. The summed E-state index contributed by atoms with van der Waals surface area (Å²) < 4.78 is 0. The summed E-state index contributed by atoms with van der Waals surface area (Å²) in [6.45, 7) is 3.58. The first-order valence-corrected chi connectivity index (χ1v) is 7.78. The lowest BCUT2D eigenvalue weighted by Crippen LogP contribution is -2.44. The quantitative estimate of drug-likeness (QED) is 0.799. The highest BCUT2D eigenvalue weighted by molar-refractivity contribution is 5.97. The van der Waals surface area contributed by atoms with Crippen LogP contribution < -0.4 is 10.6 Å². The fourth-order valence-corrected chi connectivity index (χ4v) is 2.82. The molecule has 1 aliphatic rings. The van der Waals surface area contributed by atoms with Crippen molar-refractivity contribution in [2.24, 2.45) is 0 Å². The number of aryl methyl sites for hydroxylation is 1. The van der Waals surface area contributed by atoms with Gasteiger partial charge in [0.05, 0.1) is 5.60 Å². The Morgan fingerprint density at radius 2 is 1.91 bits per heavy atom. The maximum atomic E-state index is 12.2. The predicted molar refractivity (Wildman–Crippen MR) is 85.9 cm³/mol. The van der Waals surface area contributed by atoms with Crippen LogP contribution in [0.1, 0.15) is 54.9 Å². The summed E-state index contributed by atoms with van der Waals surface area (Å²) in [4.78, 5) is 23.4. The van der Waals surface area contributed by atoms with E-state index in [-0.39, 0.29) is 18.4 Å². The monoisotopic (exact) mass is 304 g/mol. The molecule has 1 aliphatic carbocycles. The Morgan fingerprint density at radius 3 is 2.55 bits per heavy atom. The summed E-state index contributed by atoms with van der Waals surface area (Å²) in [7, 11) is 0. The molecule has 1 saturated carbocycles. The summed E-state index contributed by atoms with van der Waals surface area (Å²) in [5.41, 5.74) is 1.24. The highest BCUT2D eigenvalue weighted by Crippen LogP contribution is 2.27. The molecular weight excluding hydrogens is 280 g/mol. The van der Waals surface area contributed by atoms with Crippen molar-refractivity contribution in [3.8, 4) is 0 Å². The molecule has 2 rings (SSSR count). The van der Waals surface area contributed by atoms with E-state index in [1.54, 1.807) is 18.2 Å². The van der Waals surface area contributed by atoms with E-state index in [0.29, 0.717) is 11.3 Å². The average molecular weight is 304 g/mol. The van der Waals surface area contributed by atoms with Gasteiger partial charge in [-0.05, 0) is 37.5 Å². The number of rotatable bonds is 4. The van der Waals surface area contributed by atoms with Crippen molar-refractivity contribution in [2.75, 3.05) is 11.9 Å². The van der Waals surface area contributed by atoms with Gasteiger partial charge in [-0.25, -0.2) is 0 Å². The number of anilines is 1. The second-order valence-corrected chi connectivity index (χ2v) is 6.18. The molecule has 3 N–H and O–H groups in total. The average Bonchev–Trinajstić information content (AvgIpc) is 2.47. The van der Waals surface area contributed by atoms with Crippen LogP contribution in [0.5, 0.6) is 0 Å². The highest BCUT2D eigenvalue weighted by Gasteiger charge is 2.29. The van der Waals surface area contributed by atoms with E-state index in [2.05, 4.69) is 10.6 Å². The molecule has 22 heavy (non-hydrogen) atoms. The summed E-state index contributed by atoms with van der Waals surface area (Å²) in [6.07, 6.45) is 4.62. The molecular formula is C17H24N2O3. The van der Waals surface area contributed by atoms with Crippen molar-refractivity contribution >= 4 is 17.5 Å². The molecule has 0 aliphatic heterocycles. The first-order chi connectivity index (χ1) is 10.4. The van der Waals surface area contributed by atoms with E-state index in [1.165, 1.54) is 6.92 Å². The molecule has 5 heteroatoms. The summed E-state index contributed by atoms with van der Waals surface area (Å²) in [6, 6.07) is 5.19. The van der Waals surface area contributed by atoms with Gasteiger partial charge in [0.2, 0.25) is 5.91 Å². The lowest BCUT2D eigenvalue weighted by atomic mass is 9.85. The second-order valence-electron chi connectivity index (χ2n) is 6.18. The number of aliphatic hydroxyl groups is 1. The molecule has 2 amide bonds. The van der Waals surface area contributed by atoms with Crippen molar-refractivity contribution in [3.05, 3.63) is 29.3 Å². The number of hydrogen-bond acceptors (Lipinski definition) is 3. The molecule has 0 spiro atoms. The Hall–Kier alpha value is -1.88. The predicted octanol–water partition coefficient (Wildman–Crippen LogP) is 2.38. The van der Waals surface area contributed by atoms with Gasteiger partial charge in [-0.2, -0.15) is 0 Å². The first-order valence-electron chi connectivity index (χ1n) is 7.78. The zero-order chi connectivity index (χ0) is 16.2. The molecule has 0 saturated heterocycles. The van der Waals surface area contributed by atoms with Gasteiger partial charge in [0.15, 0.2) is 0 Å². The van der Waals surface area contributed by atoms with Crippen LogP contribution in [0.15, 0.2) is 18.2 Å². The first kappa shape index (κ1) is 16.5. The fraction of sp³-hybridized carbons (Fsp3) is 0.529. The van der Waals surface area contributed by atoms with Crippen LogP contribution in [0.25, 0.3) is 0 Å². The summed E-state index contributed by atoms with van der Waals surface area (Å²) >= 11 is 0. The van der Waals surface area contributed by atoms with Crippen LogP contribution in [0.2, 0.25) is 0 Å². The minimum atomic E-state index is -0.779. The minimum absolute atomic E-state index is 0.169. The molecule has 5 nitrogen and oxygen atoms in total. The Balaban J connectivity index is 2.01. The Bertz CT molecular complexity index is 563. The van der Waals surface area contributed by atoms with Crippen molar-refractivity contribution in [3.63, 3.8) is 0 Å². The normalized spacial score (nSPS) is 16.9. The van der Waals surface area contributed by atoms with E-state index in [4.69, 9.17) is 0 Å². The molecule has 1 aromatic rings. The number of hydrogen-bond donors (Lipinski definition) is 3. The number of carbonyl (C=O) groups excluding carboxylic acids is 2. The fourth-order valence-electron chi connectivity index (χ4n) is 2.82. The van der Waals surface area contributed by atoms with Crippen molar-refractivity contribution in [1.82, 2.24) is 5.32 Å². The molecule has 1 aromatic carbocycles. The van der Waals surface area contributed by atoms with Crippen molar-refractivity contribution < 1.29 is 14.7 Å². The van der Waals surface area contributed by atoms with Crippen LogP contribution in [0.3, 0.4) is 0 Å². The number of benzene rings is 1. The number of carbonyl (C=O) groups is 2. The van der Waals surface area contributed by atoms with Gasteiger partial charge in [0, 0.05) is 24.7 Å². The third-order valence-electron chi connectivity index (χ3n) is 4.17. The number of amides is 2. The standard InChI is InChI=1S/C17H24N2O3/c1-12-6-7-14(10-15(12)19-13(2)20)16(21)18-11-17(22)8-4-3-5-9-17/h6-7,10,22H,3-5,8-9,11H2,1-2H3,(H,18,21)(H,19,20). The molecule has 120 valence electrons. The SMILES string of the molecule is CC(=O)Nc1cc(C(=O)NCC2(O)CCCCC2)ccc1C. The molecule has 0 radical (unpaired) electrons. The van der Waals surface area contributed by atoms with E-state index >= 15 is 0 Å². The molecule has 0 aromatic heterocycles. The van der Waals surface area contributed by atoms with Gasteiger partial charge >= 0.3 is 0 Å². The van der Waals surface area contributed by atoms with Crippen molar-refractivity contribution in [1.29, 1.82) is 0 Å². The van der Waals surface area contributed by atoms with Crippen LogP contribution in [-0.4, -0.2) is 29.1 Å². The summed E-state index contributed by atoms with van der Waals surface area (Å²) in [5, 5.41) is 15.9. The Kier molecular flexibility index (Phi) is 5.19. The van der Waals surface area contributed by atoms with E-state index < -0.39 is 5.60 Å². The molecule has 1 fully saturated rings. The van der Waals surface area contributed by atoms with Gasteiger partial charge in [0.25, 0.3) is 5.91 Å². The topological polar surface area (TPSA) is 78.4 Å². The lowest BCUT2D eigenvalue weighted by molar-refractivity contribution is -0.114. The van der Waals surface area contributed by atoms with Gasteiger partial charge in [0.1, 0.15) is 0 Å². The third-order valence-corrected chi connectivity index (χ3v) is 4.17. The largest absolute Gasteiger partial charge is 0.388 e. The minimum Gasteiger partial charge on any atom is -0.388 e. The van der Waals surface area contributed by atoms with Gasteiger partial charge in [-0.15, -0.1) is 0 Å². The summed E-state index contributed by atoms with van der Waals surface area (Å²) in [5.74, 6) is -0.400. The zero-order valence-electron chi connectivity index (χ0n) is 13.2. The van der Waals surface area contributed by atoms with Crippen molar-refractivity contribution in [2.45, 2.75) is 51.6 Å². The highest BCUT2D eigenvalue weighted by atomic mass is 16.3. The van der Waals surface area contributed by atoms with E-state index in [1.807, 2.05) is 6.92 Å². The maximum Gasteiger partial charge on any atom is 0.251 e. The van der Waals surface area contributed by atoms with E-state index in [9.17, 15) is 14.7 Å². The smallest absolute Gasteiger partial charge is 0.251 e. The van der Waals surface area contributed by atoms with Gasteiger partial charge < -0.3 is 15.7 Å². The zero-order valence-corrected chi connectivity index (χ0v) is 13.2. The van der Waals surface area contributed by atoms with Gasteiger partial charge in [-0.3, -0.25) is 9.59 Å². The second kappa shape index (κ2) is 6.92. The molecule has 0 unspecified atom stereocenters. The molecule has 0 bridgehead atoms. The van der Waals surface area contributed by atoms with E-state index in [0.717, 1.165) is 37.7 Å². The maximum absolute atomic E-state index is 12.2. The van der Waals surface area contributed by atoms with Crippen LogP contribution in [0, 0.1) is 6.92 Å². The van der Waals surface area contributed by atoms with Crippen LogP contribution in [0.4, 0.5) is 5.69 Å². The lowest BCUT2D eigenvalue weighted by Gasteiger charge is -2.32. The third kappa shape index (κ3) is 4.31. The Morgan fingerprint density at radius 1 is 1.23 bits per heavy atom.